The fourth-order valence-electron chi connectivity index (χ4n) is 4.22. The van der Waals surface area contributed by atoms with Gasteiger partial charge in [-0.1, -0.05) is 22.9 Å². The van der Waals surface area contributed by atoms with Crippen LogP contribution in [0.4, 0.5) is 5.69 Å². The molecule has 30 heavy (non-hydrogen) atoms. The van der Waals surface area contributed by atoms with Gasteiger partial charge in [-0.3, -0.25) is 4.79 Å². The highest BCUT2D eigenvalue weighted by Gasteiger charge is 2.34. The molecule has 4 rings (SSSR count). The van der Waals surface area contributed by atoms with Crippen LogP contribution in [0.3, 0.4) is 0 Å². The molecule has 156 valence electrons. The van der Waals surface area contributed by atoms with Crippen molar-refractivity contribution in [3.8, 4) is 0 Å². The summed E-state index contributed by atoms with van der Waals surface area (Å²) in [4.78, 5) is 14.8. The molecular weight excluding hydrogens is 442 g/mol. The molecular formula is C24H26BrN3O2. The first kappa shape index (κ1) is 20.7. The van der Waals surface area contributed by atoms with Crippen LogP contribution in [0.15, 0.2) is 50.4 Å². The lowest BCUT2D eigenvalue weighted by Crippen LogP contribution is -2.45. The first-order valence-electron chi connectivity index (χ1n) is 10.1. The normalized spacial score (nSPS) is 18.1. The van der Waals surface area contributed by atoms with Gasteiger partial charge in [0.05, 0.1) is 6.21 Å². The molecule has 0 spiro atoms. The molecule has 0 radical (unpaired) electrons. The van der Waals surface area contributed by atoms with Gasteiger partial charge in [-0.05, 0) is 86.2 Å². The summed E-state index contributed by atoms with van der Waals surface area (Å²) in [7, 11) is 2.16. The second-order valence-corrected chi connectivity index (χ2v) is 9.65. The minimum atomic E-state index is -0.371. The van der Waals surface area contributed by atoms with Crippen LogP contribution in [-0.2, 0) is 0 Å². The lowest BCUT2D eigenvalue weighted by molar-refractivity contribution is 0.0929. The van der Waals surface area contributed by atoms with Crippen LogP contribution >= 0.6 is 15.9 Å². The summed E-state index contributed by atoms with van der Waals surface area (Å²) in [5.41, 5.74) is 8.08. The van der Waals surface area contributed by atoms with Crippen LogP contribution in [0.2, 0.25) is 0 Å². The maximum Gasteiger partial charge on any atom is 0.307 e. The summed E-state index contributed by atoms with van der Waals surface area (Å²) in [5, 5.41) is 5.05. The molecule has 1 unspecified atom stereocenters. The van der Waals surface area contributed by atoms with Crippen molar-refractivity contribution in [2.75, 3.05) is 11.9 Å². The van der Waals surface area contributed by atoms with Crippen molar-refractivity contribution in [2.24, 2.45) is 5.10 Å². The molecule has 5 nitrogen and oxygen atoms in total. The largest absolute Gasteiger partial charge is 0.451 e. The van der Waals surface area contributed by atoms with E-state index in [0.717, 1.165) is 27.4 Å². The Hall–Kier alpha value is -2.60. The van der Waals surface area contributed by atoms with Crippen LogP contribution < -0.4 is 10.3 Å². The van der Waals surface area contributed by atoms with Crippen molar-refractivity contribution in [1.29, 1.82) is 0 Å². The lowest BCUT2D eigenvalue weighted by Gasteiger charge is -2.45. The maximum absolute atomic E-state index is 12.4. The van der Waals surface area contributed by atoms with Gasteiger partial charge in [0, 0.05) is 28.1 Å². The summed E-state index contributed by atoms with van der Waals surface area (Å²) >= 11 is 3.42. The van der Waals surface area contributed by atoms with E-state index in [9.17, 15) is 4.79 Å². The standard InChI is InChI=1S/C24H26BrN3O2/c1-14-8-20-19(15(2)12-24(3,4)28(20)5)10-17(14)13-26-27-23(29)22-11-16-9-18(25)6-7-21(16)30-22/h6-11,13,15H,12H2,1-5H3,(H,27,29)/b26-13-. The number of aryl methyl sites for hydroxylation is 1. The third-order valence-corrected chi connectivity index (χ3v) is 6.59. The summed E-state index contributed by atoms with van der Waals surface area (Å²) in [6.07, 6.45) is 2.80. The number of carbonyl (C=O) groups is 1. The van der Waals surface area contributed by atoms with E-state index >= 15 is 0 Å². The van der Waals surface area contributed by atoms with Crippen molar-refractivity contribution in [1.82, 2.24) is 5.43 Å². The third kappa shape index (κ3) is 3.76. The first-order chi connectivity index (χ1) is 14.2. The van der Waals surface area contributed by atoms with E-state index in [1.807, 2.05) is 18.2 Å². The summed E-state index contributed by atoms with van der Waals surface area (Å²) in [6.45, 7) is 8.90. The highest BCUT2D eigenvalue weighted by Crippen LogP contribution is 2.43. The van der Waals surface area contributed by atoms with Crippen molar-refractivity contribution in [3.63, 3.8) is 0 Å². The van der Waals surface area contributed by atoms with E-state index in [1.54, 1.807) is 12.3 Å². The maximum atomic E-state index is 12.4. The van der Waals surface area contributed by atoms with E-state index in [0.29, 0.717) is 11.5 Å². The predicted octanol–water partition coefficient (Wildman–Crippen LogP) is 5.99. The molecule has 3 aromatic rings. The van der Waals surface area contributed by atoms with Crippen molar-refractivity contribution >= 4 is 44.7 Å². The molecule has 0 bridgehead atoms. The molecule has 2 heterocycles. The number of anilines is 1. The number of halogens is 1. The molecule has 6 heteroatoms. The van der Waals surface area contributed by atoms with E-state index in [2.05, 4.69) is 78.2 Å². The minimum absolute atomic E-state index is 0.130. The number of rotatable bonds is 3. The van der Waals surface area contributed by atoms with Crippen LogP contribution in [0, 0.1) is 6.92 Å². The Morgan fingerprint density at radius 2 is 2.07 bits per heavy atom. The van der Waals surface area contributed by atoms with Gasteiger partial charge in [0.2, 0.25) is 0 Å². The van der Waals surface area contributed by atoms with Gasteiger partial charge in [-0.2, -0.15) is 5.10 Å². The molecule has 1 aliphatic rings. The Labute approximate surface area is 185 Å². The first-order valence-corrected chi connectivity index (χ1v) is 10.9. The van der Waals surface area contributed by atoms with Gasteiger partial charge in [0.15, 0.2) is 5.76 Å². The van der Waals surface area contributed by atoms with E-state index in [4.69, 9.17) is 4.42 Å². The molecule has 0 saturated carbocycles. The van der Waals surface area contributed by atoms with Crippen molar-refractivity contribution in [3.05, 3.63) is 63.3 Å². The number of hydrogen-bond donors (Lipinski definition) is 1. The summed E-state index contributed by atoms with van der Waals surface area (Å²) in [5.74, 6) is 0.326. The molecule has 0 saturated heterocycles. The predicted molar refractivity (Wildman–Crippen MR) is 126 cm³/mol. The number of amides is 1. The van der Waals surface area contributed by atoms with Crippen LogP contribution in [0.25, 0.3) is 11.0 Å². The number of carbonyl (C=O) groups excluding carboxylic acids is 1. The Kier molecular flexibility index (Phi) is 5.22. The lowest BCUT2D eigenvalue weighted by atomic mass is 9.79. The average molecular weight is 468 g/mol. The number of nitrogens with one attached hydrogen (secondary N) is 1. The van der Waals surface area contributed by atoms with Gasteiger partial charge in [-0.15, -0.1) is 0 Å². The number of benzene rings is 2. The smallest absolute Gasteiger partial charge is 0.307 e. The molecule has 1 amide bonds. The average Bonchev–Trinajstić information content (AvgIpc) is 3.10. The van der Waals surface area contributed by atoms with Gasteiger partial charge in [0.1, 0.15) is 5.58 Å². The zero-order valence-electron chi connectivity index (χ0n) is 17.9. The van der Waals surface area contributed by atoms with Crippen LogP contribution in [0.5, 0.6) is 0 Å². The zero-order chi connectivity index (χ0) is 21.6. The highest BCUT2D eigenvalue weighted by molar-refractivity contribution is 9.10. The monoisotopic (exact) mass is 467 g/mol. The van der Waals surface area contributed by atoms with Gasteiger partial charge in [-0.25, -0.2) is 5.43 Å². The molecule has 0 fully saturated rings. The molecule has 1 aliphatic heterocycles. The van der Waals surface area contributed by atoms with Crippen molar-refractivity contribution in [2.45, 2.75) is 45.6 Å². The second-order valence-electron chi connectivity index (χ2n) is 8.74. The zero-order valence-corrected chi connectivity index (χ0v) is 19.5. The highest BCUT2D eigenvalue weighted by atomic mass is 79.9. The van der Waals surface area contributed by atoms with Gasteiger partial charge < -0.3 is 9.32 Å². The second kappa shape index (κ2) is 7.58. The minimum Gasteiger partial charge on any atom is -0.451 e. The molecule has 1 atom stereocenters. The third-order valence-electron chi connectivity index (χ3n) is 6.09. The van der Waals surface area contributed by atoms with Crippen LogP contribution in [-0.4, -0.2) is 24.7 Å². The Morgan fingerprint density at radius 1 is 1.30 bits per heavy atom. The number of furan rings is 1. The molecule has 1 N–H and O–H groups in total. The van der Waals surface area contributed by atoms with E-state index < -0.39 is 0 Å². The number of hydrazone groups is 1. The Balaban J connectivity index is 1.54. The van der Waals surface area contributed by atoms with Crippen LogP contribution in [0.1, 0.15) is 60.4 Å². The summed E-state index contributed by atoms with van der Waals surface area (Å²) < 4.78 is 6.56. The molecule has 1 aromatic heterocycles. The fourth-order valence-corrected chi connectivity index (χ4v) is 4.59. The quantitative estimate of drug-likeness (QED) is 0.380. The SMILES string of the molecule is Cc1cc2c(cc1/C=N\NC(=O)c1cc3cc(Br)ccc3o1)C(C)CC(C)(C)N2C. The van der Waals surface area contributed by atoms with E-state index in [-0.39, 0.29) is 17.2 Å². The topological polar surface area (TPSA) is 57.8 Å². The molecule has 2 aromatic carbocycles. The van der Waals surface area contributed by atoms with Crippen molar-refractivity contribution < 1.29 is 9.21 Å². The number of nitrogens with zero attached hydrogens (tertiary/aromatic N) is 2. The van der Waals surface area contributed by atoms with Gasteiger partial charge >= 0.3 is 5.91 Å². The Bertz CT molecular complexity index is 1160. The number of fused-ring (bicyclic) bond motifs is 2. The Morgan fingerprint density at radius 3 is 2.83 bits per heavy atom. The molecule has 0 aliphatic carbocycles. The fraction of sp³-hybridized carbons (Fsp3) is 0.333. The van der Waals surface area contributed by atoms with E-state index in [1.165, 1.54) is 11.3 Å². The summed E-state index contributed by atoms with van der Waals surface area (Å²) in [6, 6.07) is 11.7. The van der Waals surface area contributed by atoms with Gasteiger partial charge in [0.25, 0.3) is 0 Å². The number of hydrogen-bond acceptors (Lipinski definition) is 4.